The van der Waals surface area contributed by atoms with Crippen LogP contribution in [0.2, 0.25) is 0 Å². The maximum Gasteiger partial charge on any atom is 0.412 e. The van der Waals surface area contributed by atoms with Crippen molar-refractivity contribution >= 4 is 45.8 Å². The standard InChI is InChI=1S/C40H49N5O7/c1-39(2,3)51-33(46)18-12-10-11-15-21-45-31(36-42-30-22-26(37(47)50-9)24-32(49-8)34(30)44(36)7)23-25-19-20-29(41-35(25)45)27-16-13-14-17-28(27)43-38(48)52-40(4,5)6/h13-14,16-17,19-20,22-24H,10-12,15,18,21H2,1-9H3,(H,43,48). The predicted octanol–water partition coefficient (Wildman–Crippen LogP) is 8.69. The number of esters is 2. The molecule has 5 aromatic rings. The average molecular weight is 712 g/mol. The number of para-hydroxylation sites is 1. The van der Waals surface area contributed by atoms with E-state index in [0.717, 1.165) is 53.5 Å². The number of pyridine rings is 1. The summed E-state index contributed by atoms with van der Waals surface area (Å²) in [5, 5.41) is 3.80. The lowest BCUT2D eigenvalue weighted by Crippen LogP contribution is -2.27. The van der Waals surface area contributed by atoms with E-state index in [2.05, 4.69) is 16.0 Å². The molecular weight excluding hydrogens is 662 g/mol. The first-order chi connectivity index (χ1) is 24.6. The van der Waals surface area contributed by atoms with Gasteiger partial charge in [0.05, 0.1) is 42.4 Å². The van der Waals surface area contributed by atoms with Crippen molar-refractivity contribution in [3.63, 3.8) is 0 Å². The third-order valence-electron chi connectivity index (χ3n) is 8.32. The maximum atomic E-state index is 12.7. The van der Waals surface area contributed by atoms with Gasteiger partial charge in [-0.25, -0.2) is 19.6 Å². The molecule has 0 aliphatic rings. The number of unbranched alkanes of at least 4 members (excludes halogenated alkanes) is 3. The fourth-order valence-electron chi connectivity index (χ4n) is 6.13. The number of hydrogen-bond donors (Lipinski definition) is 1. The van der Waals surface area contributed by atoms with Crippen molar-refractivity contribution in [2.75, 3.05) is 19.5 Å². The summed E-state index contributed by atoms with van der Waals surface area (Å²) in [5.74, 6) is 0.511. The number of fused-ring (bicyclic) bond motifs is 2. The Morgan fingerprint density at radius 1 is 0.827 bits per heavy atom. The van der Waals surface area contributed by atoms with Crippen molar-refractivity contribution < 1.29 is 33.3 Å². The molecule has 0 aliphatic heterocycles. The number of aromatic nitrogens is 4. The highest BCUT2D eigenvalue weighted by Gasteiger charge is 2.23. The van der Waals surface area contributed by atoms with Crippen molar-refractivity contribution in [1.82, 2.24) is 19.1 Å². The summed E-state index contributed by atoms with van der Waals surface area (Å²) in [6.45, 7) is 11.7. The summed E-state index contributed by atoms with van der Waals surface area (Å²) in [5.41, 5.74) is 4.12. The van der Waals surface area contributed by atoms with Crippen LogP contribution in [0.3, 0.4) is 0 Å². The van der Waals surface area contributed by atoms with Gasteiger partial charge in [0, 0.05) is 31.0 Å². The smallest absolute Gasteiger partial charge is 0.412 e. The molecule has 0 radical (unpaired) electrons. The van der Waals surface area contributed by atoms with Gasteiger partial charge in [0.2, 0.25) is 0 Å². The van der Waals surface area contributed by atoms with E-state index in [1.165, 1.54) is 7.11 Å². The van der Waals surface area contributed by atoms with Gasteiger partial charge >= 0.3 is 18.0 Å². The minimum Gasteiger partial charge on any atom is -0.494 e. The molecular formula is C40H49N5O7. The van der Waals surface area contributed by atoms with Gasteiger partial charge in [-0.1, -0.05) is 31.0 Å². The molecule has 0 unspecified atom stereocenters. The number of amides is 1. The number of anilines is 1. The van der Waals surface area contributed by atoms with Gasteiger partial charge in [-0.3, -0.25) is 10.1 Å². The van der Waals surface area contributed by atoms with Gasteiger partial charge in [0.1, 0.15) is 28.1 Å². The summed E-state index contributed by atoms with van der Waals surface area (Å²) in [6, 6.07) is 16.9. The molecule has 5 rings (SSSR count). The van der Waals surface area contributed by atoms with Crippen LogP contribution in [0.4, 0.5) is 10.5 Å². The van der Waals surface area contributed by atoms with Gasteiger partial charge in [-0.15, -0.1) is 0 Å². The summed E-state index contributed by atoms with van der Waals surface area (Å²) in [4.78, 5) is 47.6. The van der Waals surface area contributed by atoms with Crippen molar-refractivity contribution in [2.45, 2.75) is 91.4 Å². The SMILES string of the molecule is COC(=O)c1cc(OC)c2c(c1)nc(-c1cc3ccc(-c4ccccc4NC(=O)OC(C)(C)C)nc3n1CCCCCCC(=O)OC(C)(C)C)n2C. The Hall–Kier alpha value is -5.39. The van der Waals surface area contributed by atoms with Gasteiger partial charge < -0.3 is 28.1 Å². The molecule has 3 heterocycles. The minimum absolute atomic E-state index is 0.183. The molecule has 1 amide bonds. The molecule has 2 aromatic carbocycles. The first kappa shape index (κ1) is 37.9. The van der Waals surface area contributed by atoms with Gasteiger partial charge in [-0.05, 0) is 90.8 Å². The Morgan fingerprint density at radius 2 is 1.54 bits per heavy atom. The first-order valence-electron chi connectivity index (χ1n) is 17.5. The fraction of sp³-hybridized carbons (Fsp3) is 0.425. The van der Waals surface area contributed by atoms with Crippen LogP contribution in [0, 0.1) is 0 Å². The number of ether oxygens (including phenoxy) is 4. The summed E-state index contributed by atoms with van der Waals surface area (Å²) < 4.78 is 25.8. The second kappa shape index (κ2) is 15.5. The number of benzene rings is 2. The lowest BCUT2D eigenvalue weighted by atomic mass is 10.1. The van der Waals surface area contributed by atoms with Crippen LogP contribution in [0.25, 0.3) is 44.8 Å². The molecule has 52 heavy (non-hydrogen) atoms. The van der Waals surface area contributed by atoms with Crippen LogP contribution < -0.4 is 10.1 Å². The zero-order valence-electron chi connectivity index (χ0n) is 31.6. The zero-order chi connectivity index (χ0) is 37.8. The molecule has 12 nitrogen and oxygen atoms in total. The van der Waals surface area contributed by atoms with E-state index in [9.17, 15) is 14.4 Å². The van der Waals surface area contributed by atoms with Crippen LogP contribution >= 0.6 is 0 Å². The van der Waals surface area contributed by atoms with Crippen LogP contribution in [0.5, 0.6) is 5.75 Å². The Balaban J connectivity index is 1.53. The fourth-order valence-corrected chi connectivity index (χ4v) is 6.13. The molecule has 0 spiro atoms. The van der Waals surface area contributed by atoms with Crippen molar-refractivity contribution in [1.29, 1.82) is 0 Å². The highest BCUT2D eigenvalue weighted by molar-refractivity contribution is 5.98. The van der Waals surface area contributed by atoms with Crippen LogP contribution in [-0.4, -0.2) is 62.6 Å². The molecule has 3 aromatic heterocycles. The average Bonchev–Trinajstić information content (AvgIpc) is 3.60. The quantitative estimate of drug-likeness (QED) is 0.0766. The van der Waals surface area contributed by atoms with Crippen molar-refractivity contribution in [3.05, 3.63) is 60.2 Å². The lowest BCUT2D eigenvalue weighted by Gasteiger charge is -2.20. The monoisotopic (exact) mass is 711 g/mol. The Labute approximate surface area is 304 Å². The summed E-state index contributed by atoms with van der Waals surface area (Å²) in [6.07, 6.45) is 3.16. The Kier molecular flexibility index (Phi) is 11.3. The highest BCUT2D eigenvalue weighted by atomic mass is 16.6. The second-order valence-electron chi connectivity index (χ2n) is 14.7. The second-order valence-corrected chi connectivity index (χ2v) is 14.7. The first-order valence-corrected chi connectivity index (χ1v) is 17.5. The normalized spacial score (nSPS) is 11.9. The minimum atomic E-state index is -0.649. The van der Waals surface area contributed by atoms with E-state index in [-0.39, 0.29) is 5.97 Å². The molecule has 0 saturated carbocycles. The molecule has 12 heteroatoms. The molecule has 0 atom stereocenters. The Bertz CT molecular complexity index is 2100. The molecule has 0 saturated heterocycles. The van der Waals surface area contributed by atoms with Crippen molar-refractivity contribution in [3.8, 4) is 28.5 Å². The number of aryl methyl sites for hydroxylation is 2. The molecule has 276 valence electrons. The van der Waals surface area contributed by atoms with Gasteiger partial charge in [-0.2, -0.15) is 0 Å². The van der Waals surface area contributed by atoms with Crippen LogP contribution in [-0.2, 0) is 32.6 Å². The van der Waals surface area contributed by atoms with E-state index in [1.807, 2.05) is 89.6 Å². The maximum absolute atomic E-state index is 12.7. The van der Waals surface area contributed by atoms with Crippen molar-refractivity contribution in [2.24, 2.45) is 7.05 Å². The number of nitrogens with one attached hydrogen (secondary N) is 1. The Morgan fingerprint density at radius 3 is 2.23 bits per heavy atom. The third kappa shape index (κ3) is 8.90. The van der Waals surface area contributed by atoms with E-state index in [0.29, 0.717) is 47.0 Å². The number of methoxy groups -OCH3 is 2. The lowest BCUT2D eigenvalue weighted by molar-refractivity contribution is -0.154. The third-order valence-corrected chi connectivity index (χ3v) is 8.32. The van der Waals surface area contributed by atoms with E-state index < -0.39 is 23.3 Å². The number of imidazole rings is 1. The molecule has 1 N–H and O–H groups in total. The molecule has 0 fully saturated rings. The van der Waals surface area contributed by atoms with E-state index in [1.54, 1.807) is 19.2 Å². The number of rotatable bonds is 12. The number of hydrogen-bond acceptors (Lipinski definition) is 9. The van der Waals surface area contributed by atoms with Crippen LogP contribution in [0.1, 0.15) is 84.0 Å². The highest BCUT2D eigenvalue weighted by Crippen LogP contribution is 2.36. The van der Waals surface area contributed by atoms with Crippen LogP contribution in [0.15, 0.2) is 54.6 Å². The molecule has 0 bridgehead atoms. The molecule has 0 aliphatic carbocycles. The summed E-state index contributed by atoms with van der Waals surface area (Å²) in [7, 11) is 4.82. The number of nitrogens with zero attached hydrogens (tertiary/aromatic N) is 4. The van der Waals surface area contributed by atoms with E-state index >= 15 is 0 Å². The number of carbonyl (C=O) groups excluding carboxylic acids is 3. The van der Waals surface area contributed by atoms with Gasteiger partial charge in [0.15, 0.2) is 5.82 Å². The summed E-state index contributed by atoms with van der Waals surface area (Å²) >= 11 is 0. The van der Waals surface area contributed by atoms with Gasteiger partial charge in [0.25, 0.3) is 0 Å². The van der Waals surface area contributed by atoms with E-state index in [4.69, 9.17) is 28.9 Å². The number of carbonyl (C=O) groups is 3. The predicted molar refractivity (Wildman–Crippen MR) is 202 cm³/mol. The topological polar surface area (TPSA) is 136 Å². The zero-order valence-corrected chi connectivity index (χ0v) is 31.6. The largest absolute Gasteiger partial charge is 0.494 e.